The topological polar surface area (TPSA) is 80.3 Å². The van der Waals surface area contributed by atoms with Crippen LogP contribution in [0.5, 0.6) is 0 Å². The molecule has 2 N–H and O–H groups in total. The molecule has 1 heterocycles. The summed E-state index contributed by atoms with van der Waals surface area (Å²) < 4.78 is 4.76. The van der Waals surface area contributed by atoms with Crippen molar-refractivity contribution in [2.24, 2.45) is 0 Å². The van der Waals surface area contributed by atoms with Crippen molar-refractivity contribution < 1.29 is 14.3 Å². The van der Waals surface area contributed by atoms with Gasteiger partial charge in [0.2, 0.25) is 0 Å². The van der Waals surface area contributed by atoms with E-state index >= 15 is 0 Å². The second-order valence-electron chi connectivity index (χ2n) is 4.33. The molecule has 0 unspecified atom stereocenters. The Morgan fingerprint density at radius 2 is 1.87 bits per heavy atom. The van der Waals surface area contributed by atoms with Gasteiger partial charge in [0.05, 0.1) is 22.2 Å². The third-order valence-electron chi connectivity index (χ3n) is 2.71. The third-order valence-corrected chi connectivity index (χ3v) is 3.34. The summed E-state index contributed by atoms with van der Waals surface area (Å²) in [6.07, 6.45) is 0.809. The zero-order valence-corrected chi connectivity index (χ0v) is 13.6. The van der Waals surface area contributed by atoms with Crippen molar-refractivity contribution in [3.8, 4) is 0 Å². The van der Waals surface area contributed by atoms with Gasteiger partial charge in [0, 0.05) is 18.0 Å². The van der Waals surface area contributed by atoms with Crippen molar-refractivity contribution in [2.45, 2.75) is 6.92 Å². The van der Waals surface area contributed by atoms with E-state index in [4.69, 9.17) is 27.9 Å². The van der Waals surface area contributed by atoms with E-state index in [1.54, 1.807) is 31.2 Å². The van der Waals surface area contributed by atoms with Crippen molar-refractivity contribution in [2.75, 3.05) is 17.2 Å². The standard InChI is InChI=1S/C15H13Cl2N3O3/c1-2-23-15(22)20-12-8-9(6-7-18-12)19-14(21)13-10(16)4-3-5-11(13)17/h3-8H,2H2,1H3,(H2,18,19,20,21,22). The lowest BCUT2D eigenvalue weighted by molar-refractivity contribution is 0.102. The van der Waals surface area contributed by atoms with Crippen LogP contribution in [0, 0.1) is 0 Å². The Balaban J connectivity index is 2.14. The lowest BCUT2D eigenvalue weighted by Crippen LogP contribution is -2.16. The van der Waals surface area contributed by atoms with E-state index in [1.165, 1.54) is 12.3 Å². The van der Waals surface area contributed by atoms with Gasteiger partial charge >= 0.3 is 6.09 Å². The first-order chi connectivity index (χ1) is 11.0. The minimum absolute atomic E-state index is 0.174. The number of halogens is 2. The van der Waals surface area contributed by atoms with E-state index in [0.29, 0.717) is 5.69 Å². The van der Waals surface area contributed by atoms with E-state index < -0.39 is 12.0 Å². The first kappa shape index (κ1) is 17.1. The van der Waals surface area contributed by atoms with Crippen LogP contribution in [-0.2, 0) is 4.74 Å². The van der Waals surface area contributed by atoms with E-state index in [-0.39, 0.29) is 28.0 Å². The highest BCUT2D eigenvalue weighted by Gasteiger charge is 2.15. The average Bonchev–Trinajstić information content (AvgIpc) is 2.47. The number of amides is 2. The molecule has 2 amide bonds. The van der Waals surface area contributed by atoms with Crippen LogP contribution in [0.1, 0.15) is 17.3 Å². The molecule has 2 aromatic rings. The molecule has 0 saturated heterocycles. The summed E-state index contributed by atoms with van der Waals surface area (Å²) in [7, 11) is 0. The molecule has 0 aliphatic carbocycles. The Morgan fingerprint density at radius 1 is 1.17 bits per heavy atom. The van der Waals surface area contributed by atoms with Crippen LogP contribution in [0.3, 0.4) is 0 Å². The lowest BCUT2D eigenvalue weighted by Gasteiger charge is -2.10. The van der Waals surface area contributed by atoms with Crippen molar-refractivity contribution in [1.82, 2.24) is 4.98 Å². The molecular weight excluding hydrogens is 341 g/mol. The molecule has 8 heteroatoms. The van der Waals surface area contributed by atoms with E-state index in [9.17, 15) is 9.59 Å². The first-order valence-electron chi connectivity index (χ1n) is 6.66. The minimum atomic E-state index is -0.627. The number of carbonyl (C=O) groups is 2. The van der Waals surface area contributed by atoms with Gasteiger partial charge < -0.3 is 10.1 Å². The molecule has 1 aromatic carbocycles. The lowest BCUT2D eigenvalue weighted by atomic mass is 10.2. The molecule has 0 radical (unpaired) electrons. The highest BCUT2D eigenvalue weighted by molar-refractivity contribution is 6.40. The molecule has 120 valence electrons. The number of hydrogen-bond donors (Lipinski definition) is 2. The number of nitrogens with one attached hydrogen (secondary N) is 2. The maximum absolute atomic E-state index is 12.3. The van der Waals surface area contributed by atoms with Gasteiger partial charge in [-0.05, 0) is 25.1 Å². The highest BCUT2D eigenvalue weighted by Crippen LogP contribution is 2.25. The van der Waals surface area contributed by atoms with Gasteiger partial charge in [-0.3, -0.25) is 10.1 Å². The molecule has 0 aliphatic rings. The van der Waals surface area contributed by atoms with Crippen molar-refractivity contribution in [3.63, 3.8) is 0 Å². The van der Waals surface area contributed by atoms with Crippen molar-refractivity contribution in [3.05, 3.63) is 52.1 Å². The SMILES string of the molecule is CCOC(=O)Nc1cc(NC(=O)c2c(Cl)cccc2Cl)ccn1. The number of anilines is 2. The number of aromatic nitrogens is 1. The third kappa shape index (κ3) is 4.58. The number of rotatable bonds is 4. The van der Waals surface area contributed by atoms with Gasteiger partial charge in [0.1, 0.15) is 5.82 Å². The molecule has 0 saturated carbocycles. The quantitative estimate of drug-likeness (QED) is 0.862. The van der Waals surface area contributed by atoms with Crippen LogP contribution in [-0.4, -0.2) is 23.6 Å². The molecule has 1 aromatic heterocycles. The van der Waals surface area contributed by atoms with Crippen LogP contribution in [0.2, 0.25) is 10.0 Å². The molecule has 0 atom stereocenters. The molecule has 23 heavy (non-hydrogen) atoms. The summed E-state index contributed by atoms with van der Waals surface area (Å²) in [5.41, 5.74) is 0.598. The maximum Gasteiger partial charge on any atom is 0.412 e. The zero-order valence-electron chi connectivity index (χ0n) is 12.1. The fourth-order valence-electron chi connectivity index (χ4n) is 1.76. The van der Waals surface area contributed by atoms with E-state index in [2.05, 4.69) is 15.6 Å². The monoisotopic (exact) mass is 353 g/mol. The first-order valence-corrected chi connectivity index (χ1v) is 7.42. The Morgan fingerprint density at radius 3 is 2.52 bits per heavy atom. The Hall–Kier alpha value is -2.31. The van der Waals surface area contributed by atoms with Crippen LogP contribution in [0.4, 0.5) is 16.3 Å². The fraction of sp³-hybridized carbons (Fsp3) is 0.133. The molecule has 2 rings (SSSR count). The van der Waals surface area contributed by atoms with Gasteiger partial charge in [-0.15, -0.1) is 0 Å². The van der Waals surface area contributed by atoms with Crippen LogP contribution < -0.4 is 10.6 Å². The summed E-state index contributed by atoms with van der Waals surface area (Å²) in [6.45, 7) is 1.93. The summed E-state index contributed by atoms with van der Waals surface area (Å²) >= 11 is 12.0. The fourth-order valence-corrected chi connectivity index (χ4v) is 2.33. The molecule has 0 aliphatic heterocycles. The van der Waals surface area contributed by atoms with Crippen LogP contribution in [0.25, 0.3) is 0 Å². The van der Waals surface area contributed by atoms with E-state index in [1.807, 2.05) is 0 Å². The van der Waals surface area contributed by atoms with Crippen molar-refractivity contribution in [1.29, 1.82) is 0 Å². The molecule has 0 spiro atoms. The number of benzene rings is 1. The minimum Gasteiger partial charge on any atom is -0.450 e. The van der Waals surface area contributed by atoms with Crippen LogP contribution in [0.15, 0.2) is 36.5 Å². The predicted molar refractivity (Wildman–Crippen MR) is 89.3 cm³/mol. The molecule has 6 nitrogen and oxygen atoms in total. The molecular formula is C15H13Cl2N3O3. The van der Waals surface area contributed by atoms with Gasteiger partial charge in [0.15, 0.2) is 0 Å². The Bertz CT molecular complexity index is 717. The molecule has 0 fully saturated rings. The number of nitrogens with zero attached hydrogens (tertiary/aromatic N) is 1. The Labute approximate surface area is 142 Å². The smallest absolute Gasteiger partial charge is 0.412 e. The second-order valence-corrected chi connectivity index (χ2v) is 5.14. The number of hydrogen-bond acceptors (Lipinski definition) is 4. The Kier molecular flexibility index (Phi) is 5.78. The zero-order chi connectivity index (χ0) is 16.8. The summed E-state index contributed by atoms with van der Waals surface area (Å²) in [4.78, 5) is 27.6. The normalized spacial score (nSPS) is 10.0. The van der Waals surface area contributed by atoms with Gasteiger partial charge in [-0.2, -0.15) is 0 Å². The van der Waals surface area contributed by atoms with E-state index in [0.717, 1.165) is 0 Å². The molecule has 0 bridgehead atoms. The predicted octanol–water partition coefficient (Wildman–Crippen LogP) is 4.21. The summed E-state index contributed by atoms with van der Waals surface area (Å²) in [6, 6.07) is 7.85. The highest BCUT2D eigenvalue weighted by atomic mass is 35.5. The number of pyridine rings is 1. The second kappa shape index (κ2) is 7.80. The van der Waals surface area contributed by atoms with Gasteiger partial charge in [-0.1, -0.05) is 29.3 Å². The van der Waals surface area contributed by atoms with Gasteiger partial charge in [-0.25, -0.2) is 9.78 Å². The number of carbonyl (C=O) groups excluding carboxylic acids is 2. The average molecular weight is 354 g/mol. The van der Waals surface area contributed by atoms with Gasteiger partial charge in [0.25, 0.3) is 5.91 Å². The summed E-state index contributed by atoms with van der Waals surface area (Å²) in [5.74, 6) is -0.222. The largest absolute Gasteiger partial charge is 0.450 e. The maximum atomic E-state index is 12.3. The van der Waals surface area contributed by atoms with Crippen molar-refractivity contribution >= 4 is 46.7 Å². The van der Waals surface area contributed by atoms with Crippen LogP contribution >= 0.6 is 23.2 Å². The summed E-state index contributed by atoms with van der Waals surface area (Å²) in [5, 5.41) is 5.58. The number of ether oxygens (including phenoxy) is 1.